The van der Waals surface area contributed by atoms with E-state index in [9.17, 15) is 13.2 Å². The Morgan fingerprint density at radius 2 is 2.20 bits per heavy atom. The minimum absolute atomic E-state index is 0.0378. The van der Waals surface area contributed by atoms with Crippen LogP contribution in [0, 0.1) is 0 Å². The highest BCUT2D eigenvalue weighted by Gasteiger charge is 2.14. The van der Waals surface area contributed by atoms with Gasteiger partial charge in [-0.25, -0.2) is 17.9 Å². The Morgan fingerprint density at radius 1 is 1.40 bits per heavy atom. The first-order valence-electron chi connectivity index (χ1n) is 5.51. The van der Waals surface area contributed by atoms with Gasteiger partial charge in [-0.1, -0.05) is 17.3 Å². The van der Waals surface area contributed by atoms with Crippen molar-refractivity contribution in [2.24, 2.45) is 0 Å². The van der Waals surface area contributed by atoms with E-state index in [1.165, 1.54) is 18.2 Å². The number of benzene rings is 1. The topological polar surface area (TPSA) is 122 Å². The number of nitrogens with zero attached hydrogens (tertiary/aromatic N) is 2. The van der Waals surface area contributed by atoms with Gasteiger partial charge in [-0.2, -0.15) is 4.98 Å². The van der Waals surface area contributed by atoms with Crippen LogP contribution in [0.25, 0.3) is 0 Å². The first-order chi connectivity index (χ1) is 9.46. The van der Waals surface area contributed by atoms with Crippen molar-refractivity contribution in [3.05, 3.63) is 47.6 Å². The fourth-order valence-electron chi connectivity index (χ4n) is 1.51. The molecule has 0 unspecified atom stereocenters. The summed E-state index contributed by atoms with van der Waals surface area (Å²) in [4.78, 5) is 14.5. The zero-order valence-corrected chi connectivity index (χ0v) is 11.0. The van der Waals surface area contributed by atoms with Crippen molar-refractivity contribution in [1.29, 1.82) is 0 Å². The Balaban J connectivity index is 2.04. The molecule has 9 heteroatoms. The van der Waals surface area contributed by atoms with E-state index in [2.05, 4.69) is 19.4 Å². The van der Waals surface area contributed by atoms with E-state index >= 15 is 0 Å². The van der Waals surface area contributed by atoms with Gasteiger partial charge in [-0.3, -0.25) is 0 Å². The molecule has 106 valence electrons. The van der Waals surface area contributed by atoms with Crippen molar-refractivity contribution >= 4 is 16.0 Å². The summed E-state index contributed by atoms with van der Waals surface area (Å²) in [5.41, 5.74) is 0.418. The van der Waals surface area contributed by atoms with E-state index in [4.69, 9.17) is 5.11 Å². The molecule has 1 aromatic carbocycles. The van der Waals surface area contributed by atoms with Gasteiger partial charge in [0.1, 0.15) is 0 Å². The largest absolute Gasteiger partial charge is 0.478 e. The van der Waals surface area contributed by atoms with Crippen molar-refractivity contribution in [2.45, 2.75) is 12.3 Å². The number of hydrogen-bond donors (Lipinski definition) is 2. The van der Waals surface area contributed by atoms with Gasteiger partial charge in [0.05, 0.1) is 17.9 Å². The smallest absolute Gasteiger partial charge is 0.335 e. The lowest BCUT2D eigenvalue weighted by atomic mass is 10.1. The lowest BCUT2D eigenvalue weighted by molar-refractivity contribution is 0.0696. The molecule has 0 saturated heterocycles. The minimum Gasteiger partial charge on any atom is -0.478 e. The third-order valence-corrected chi connectivity index (χ3v) is 3.69. The van der Waals surface area contributed by atoms with Gasteiger partial charge < -0.3 is 9.63 Å². The standard InChI is InChI=1S/C11H11N3O5S/c15-11(16)9-3-1-2-8(4-9)6-20(17,18)13-5-10-12-7-19-14-10/h1-4,7,13H,5-6H2,(H,15,16). The third-order valence-electron chi connectivity index (χ3n) is 2.39. The van der Waals surface area contributed by atoms with Crippen molar-refractivity contribution in [3.63, 3.8) is 0 Å². The van der Waals surface area contributed by atoms with Gasteiger partial charge in [0.2, 0.25) is 16.4 Å². The van der Waals surface area contributed by atoms with E-state index in [0.717, 1.165) is 6.39 Å². The maximum atomic E-state index is 11.8. The summed E-state index contributed by atoms with van der Waals surface area (Å²) in [6, 6.07) is 5.74. The van der Waals surface area contributed by atoms with Crippen molar-refractivity contribution in [2.75, 3.05) is 0 Å². The molecule has 0 atom stereocenters. The molecule has 20 heavy (non-hydrogen) atoms. The van der Waals surface area contributed by atoms with Crippen LogP contribution >= 0.6 is 0 Å². The molecule has 0 aliphatic heterocycles. The summed E-state index contributed by atoms with van der Waals surface area (Å²) in [7, 11) is -3.62. The predicted molar refractivity (Wildman–Crippen MR) is 67.2 cm³/mol. The molecular weight excluding hydrogens is 286 g/mol. The Morgan fingerprint density at radius 3 is 2.85 bits per heavy atom. The Bertz CT molecular complexity index is 697. The minimum atomic E-state index is -3.62. The first kappa shape index (κ1) is 14.2. The number of rotatable bonds is 6. The molecule has 0 amide bonds. The second-order valence-corrected chi connectivity index (χ2v) is 5.74. The van der Waals surface area contributed by atoms with Gasteiger partial charge in [0.25, 0.3) is 0 Å². The Hall–Kier alpha value is -2.26. The maximum Gasteiger partial charge on any atom is 0.335 e. The van der Waals surface area contributed by atoms with Crippen LogP contribution in [-0.2, 0) is 22.3 Å². The van der Waals surface area contributed by atoms with Crippen LogP contribution in [0.15, 0.2) is 35.2 Å². The van der Waals surface area contributed by atoms with Crippen LogP contribution in [-0.4, -0.2) is 29.6 Å². The first-order valence-corrected chi connectivity index (χ1v) is 7.16. The normalized spacial score (nSPS) is 11.4. The van der Waals surface area contributed by atoms with Crippen LogP contribution in [0.2, 0.25) is 0 Å². The van der Waals surface area contributed by atoms with E-state index in [1.807, 2.05) is 0 Å². The molecule has 0 aliphatic carbocycles. The van der Waals surface area contributed by atoms with Gasteiger partial charge in [-0.05, 0) is 17.7 Å². The number of carbonyl (C=O) groups is 1. The monoisotopic (exact) mass is 297 g/mol. The molecule has 0 radical (unpaired) electrons. The van der Waals surface area contributed by atoms with Gasteiger partial charge in [-0.15, -0.1) is 0 Å². The number of sulfonamides is 1. The van der Waals surface area contributed by atoms with Gasteiger partial charge >= 0.3 is 5.97 Å². The van der Waals surface area contributed by atoms with Gasteiger partial charge in [0.15, 0.2) is 5.82 Å². The van der Waals surface area contributed by atoms with Crippen LogP contribution in [0.3, 0.4) is 0 Å². The average molecular weight is 297 g/mol. The highest BCUT2D eigenvalue weighted by Crippen LogP contribution is 2.09. The zero-order chi connectivity index (χ0) is 14.6. The molecule has 2 N–H and O–H groups in total. The molecule has 2 aromatic rings. The van der Waals surface area contributed by atoms with Crippen LogP contribution in [0.4, 0.5) is 0 Å². The second-order valence-electron chi connectivity index (χ2n) is 3.93. The Labute approximate surface area is 114 Å². The highest BCUT2D eigenvalue weighted by atomic mass is 32.2. The molecule has 0 fully saturated rings. The highest BCUT2D eigenvalue weighted by molar-refractivity contribution is 7.88. The van der Waals surface area contributed by atoms with Crippen LogP contribution in [0.5, 0.6) is 0 Å². The summed E-state index contributed by atoms with van der Waals surface area (Å²) in [6.45, 7) is -0.0859. The predicted octanol–water partition coefficient (Wildman–Crippen LogP) is 0.387. The number of carboxylic acid groups (broad SMARTS) is 1. The summed E-state index contributed by atoms with van der Waals surface area (Å²) >= 11 is 0. The SMILES string of the molecule is O=C(O)c1cccc(CS(=O)(=O)NCc2ncon2)c1. The van der Waals surface area contributed by atoms with E-state index in [-0.39, 0.29) is 23.7 Å². The number of aromatic nitrogens is 2. The number of aromatic carboxylic acids is 1. The number of hydrogen-bond acceptors (Lipinski definition) is 6. The zero-order valence-electron chi connectivity index (χ0n) is 10.2. The Kier molecular flexibility index (Phi) is 4.11. The fourth-order valence-corrected chi connectivity index (χ4v) is 2.58. The molecule has 1 heterocycles. The van der Waals surface area contributed by atoms with Crippen molar-refractivity contribution in [3.8, 4) is 0 Å². The van der Waals surface area contributed by atoms with Crippen LogP contribution in [0.1, 0.15) is 21.7 Å². The summed E-state index contributed by atoms with van der Waals surface area (Å²) in [5.74, 6) is -1.22. The molecular formula is C11H11N3O5S. The molecule has 8 nitrogen and oxygen atoms in total. The quantitative estimate of drug-likeness (QED) is 0.790. The van der Waals surface area contributed by atoms with E-state index < -0.39 is 16.0 Å². The van der Waals surface area contributed by atoms with Crippen LogP contribution < -0.4 is 4.72 Å². The molecule has 1 aromatic heterocycles. The molecule has 0 bridgehead atoms. The molecule has 2 rings (SSSR count). The maximum absolute atomic E-state index is 11.8. The average Bonchev–Trinajstić information content (AvgIpc) is 2.89. The van der Waals surface area contributed by atoms with Crippen molar-refractivity contribution in [1.82, 2.24) is 14.9 Å². The van der Waals surface area contributed by atoms with E-state index in [0.29, 0.717) is 5.56 Å². The lowest BCUT2D eigenvalue weighted by Crippen LogP contribution is -2.25. The molecule has 0 saturated carbocycles. The van der Waals surface area contributed by atoms with Crippen molar-refractivity contribution < 1.29 is 22.8 Å². The second kappa shape index (κ2) is 5.80. The molecule has 0 aliphatic rings. The summed E-state index contributed by atoms with van der Waals surface area (Å²) < 4.78 is 30.4. The fraction of sp³-hybridized carbons (Fsp3) is 0.182. The number of nitrogens with one attached hydrogen (secondary N) is 1. The van der Waals surface area contributed by atoms with Gasteiger partial charge in [0, 0.05) is 0 Å². The summed E-state index contributed by atoms with van der Waals surface area (Å²) in [6.07, 6.45) is 1.10. The lowest BCUT2D eigenvalue weighted by Gasteiger charge is -2.05. The third kappa shape index (κ3) is 3.87. The number of carboxylic acids is 1. The van der Waals surface area contributed by atoms with E-state index in [1.54, 1.807) is 6.07 Å². The molecule has 0 spiro atoms. The summed E-state index contributed by atoms with van der Waals surface area (Å²) in [5, 5.41) is 12.3.